The fraction of sp³-hybridized carbons (Fsp3) is 0.303. The van der Waals surface area contributed by atoms with Crippen LogP contribution in [-0.4, -0.2) is 63.9 Å². The van der Waals surface area contributed by atoms with E-state index in [4.69, 9.17) is 32.4 Å². The van der Waals surface area contributed by atoms with Crippen LogP contribution in [0.5, 0.6) is 5.75 Å². The normalized spacial score (nSPS) is 14.2. The van der Waals surface area contributed by atoms with Gasteiger partial charge in [-0.25, -0.2) is 9.59 Å². The van der Waals surface area contributed by atoms with Gasteiger partial charge in [0.05, 0.1) is 21.2 Å². The van der Waals surface area contributed by atoms with Gasteiger partial charge in [-0.15, -0.1) is 6.58 Å². The SMILES string of the molecule is C=CCc1c2oc3c(CN4CCN(C(=O)OC(C)(C)C)CC4)c(O)c(Cl)cc3c(-c3ccccc3C(=O)O)c-2cc(Cl)c1=O. The highest BCUT2D eigenvalue weighted by Crippen LogP contribution is 2.47. The number of halogens is 2. The fourth-order valence-corrected chi connectivity index (χ4v) is 5.93. The lowest BCUT2D eigenvalue weighted by molar-refractivity contribution is 0.0138. The number of carboxylic acids is 1. The number of rotatable bonds is 6. The van der Waals surface area contributed by atoms with Crippen molar-refractivity contribution in [1.82, 2.24) is 9.80 Å². The van der Waals surface area contributed by atoms with Crippen LogP contribution in [-0.2, 0) is 17.7 Å². The van der Waals surface area contributed by atoms with Gasteiger partial charge in [0.15, 0.2) is 0 Å². The van der Waals surface area contributed by atoms with Crippen molar-refractivity contribution in [2.75, 3.05) is 26.2 Å². The Labute approximate surface area is 264 Å². The molecular formula is C33H32Cl2N2O7. The summed E-state index contributed by atoms with van der Waals surface area (Å²) in [5, 5.41) is 21.8. The second-order valence-corrected chi connectivity index (χ2v) is 12.5. The Morgan fingerprint density at radius 3 is 2.36 bits per heavy atom. The maximum Gasteiger partial charge on any atom is 0.410 e. The Hall–Kier alpha value is -4.05. The minimum absolute atomic E-state index is 0.0258. The first-order valence-electron chi connectivity index (χ1n) is 14.1. The number of phenols is 1. The lowest BCUT2D eigenvalue weighted by Crippen LogP contribution is -2.49. The Kier molecular flexibility index (Phi) is 8.66. The molecule has 0 spiro atoms. The van der Waals surface area contributed by atoms with Gasteiger partial charge in [0.25, 0.3) is 0 Å². The molecule has 2 aromatic carbocycles. The summed E-state index contributed by atoms with van der Waals surface area (Å²) >= 11 is 13.0. The number of piperazine rings is 1. The molecule has 9 nitrogen and oxygen atoms in total. The van der Waals surface area contributed by atoms with Crippen LogP contribution < -0.4 is 5.43 Å². The van der Waals surface area contributed by atoms with Gasteiger partial charge in [0, 0.05) is 54.8 Å². The number of carbonyl (C=O) groups excluding carboxylic acids is 1. The molecule has 0 atom stereocenters. The number of benzene rings is 3. The first-order valence-corrected chi connectivity index (χ1v) is 14.8. The number of fused-ring (bicyclic) bond motifs is 2. The summed E-state index contributed by atoms with van der Waals surface area (Å²) in [5.74, 6) is -1.14. The van der Waals surface area contributed by atoms with Crippen molar-refractivity contribution in [3.8, 4) is 28.2 Å². The molecule has 0 unspecified atom stereocenters. The molecule has 2 aliphatic heterocycles. The first-order chi connectivity index (χ1) is 20.8. The van der Waals surface area contributed by atoms with Crippen molar-refractivity contribution in [2.45, 2.75) is 39.3 Å². The third-order valence-electron chi connectivity index (χ3n) is 7.51. The monoisotopic (exact) mass is 638 g/mol. The van der Waals surface area contributed by atoms with Crippen LogP contribution in [0.3, 0.4) is 0 Å². The molecule has 0 radical (unpaired) electrons. The van der Waals surface area contributed by atoms with Gasteiger partial charge < -0.3 is 24.3 Å². The maximum absolute atomic E-state index is 13.2. The highest BCUT2D eigenvalue weighted by molar-refractivity contribution is 6.33. The molecule has 1 fully saturated rings. The molecular weight excluding hydrogens is 607 g/mol. The van der Waals surface area contributed by atoms with Crippen LogP contribution in [0, 0.1) is 0 Å². The molecule has 0 saturated carbocycles. The fourth-order valence-electron chi connectivity index (χ4n) is 5.49. The van der Waals surface area contributed by atoms with Gasteiger partial charge in [-0.2, -0.15) is 0 Å². The van der Waals surface area contributed by atoms with Crippen molar-refractivity contribution in [1.29, 1.82) is 0 Å². The summed E-state index contributed by atoms with van der Waals surface area (Å²) in [4.78, 5) is 41.8. The van der Waals surface area contributed by atoms with Crippen molar-refractivity contribution in [3.05, 3.63) is 86.0 Å². The molecule has 0 aromatic heterocycles. The second-order valence-electron chi connectivity index (χ2n) is 11.7. The molecule has 3 aliphatic rings. The minimum Gasteiger partial charge on any atom is -0.506 e. The molecule has 2 heterocycles. The summed E-state index contributed by atoms with van der Waals surface area (Å²) in [7, 11) is 0. The summed E-state index contributed by atoms with van der Waals surface area (Å²) in [5.41, 5.74) is 1.08. The number of aromatic carboxylic acids is 1. The Morgan fingerprint density at radius 2 is 1.73 bits per heavy atom. The molecule has 5 rings (SSSR count). The minimum atomic E-state index is -1.14. The number of carboxylic acid groups (broad SMARTS) is 1. The van der Waals surface area contributed by atoms with Crippen molar-refractivity contribution in [3.63, 3.8) is 0 Å². The van der Waals surface area contributed by atoms with Gasteiger partial charge in [-0.3, -0.25) is 9.69 Å². The van der Waals surface area contributed by atoms with E-state index in [-0.39, 0.29) is 51.2 Å². The highest BCUT2D eigenvalue weighted by atomic mass is 35.5. The highest BCUT2D eigenvalue weighted by Gasteiger charge is 2.30. The van der Waals surface area contributed by atoms with E-state index < -0.39 is 23.1 Å². The van der Waals surface area contributed by atoms with E-state index >= 15 is 0 Å². The van der Waals surface area contributed by atoms with Crippen LogP contribution in [0.25, 0.3) is 33.4 Å². The maximum atomic E-state index is 13.2. The van der Waals surface area contributed by atoms with Gasteiger partial charge in [-0.05, 0) is 51.0 Å². The molecule has 2 aromatic rings. The zero-order chi connectivity index (χ0) is 31.9. The average molecular weight is 640 g/mol. The van der Waals surface area contributed by atoms with Gasteiger partial charge >= 0.3 is 12.1 Å². The van der Waals surface area contributed by atoms with Crippen LogP contribution in [0.15, 0.2) is 58.3 Å². The third-order valence-corrected chi connectivity index (χ3v) is 8.08. The molecule has 2 N–H and O–H groups in total. The van der Waals surface area contributed by atoms with Crippen LogP contribution >= 0.6 is 23.2 Å². The third kappa shape index (κ3) is 6.00. The number of amides is 1. The lowest BCUT2D eigenvalue weighted by Gasteiger charge is -2.35. The van der Waals surface area contributed by atoms with Gasteiger partial charge in [0.2, 0.25) is 5.43 Å². The number of carbonyl (C=O) groups is 2. The Morgan fingerprint density at radius 1 is 1.05 bits per heavy atom. The largest absolute Gasteiger partial charge is 0.506 e. The molecule has 1 aliphatic carbocycles. The van der Waals surface area contributed by atoms with Gasteiger partial charge in [-0.1, -0.05) is 47.5 Å². The summed E-state index contributed by atoms with van der Waals surface area (Å²) in [6.07, 6.45) is 1.31. The molecule has 1 saturated heterocycles. The number of hydrogen-bond donors (Lipinski definition) is 2. The van der Waals surface area contributed by atoms with Crippen molar-refractivity contribution < 1.29 is 29.0 Å². The van der Waals surface area contributed by atoms with Gasteiger partial charge in [0.1, 0.15) is 22.7 Å². The van der Waals surface area contributed by atoms with Crippen LogP contribution in [0.4, 0.5) is 4.79 Å². The number of allylic oxidation sites excluding steroid dienone is 1. The zero-order valence-electron chi connectivity index (χ0n) is 24.6. The predicted octanol–water partition coefficient (Wildman–Crippen LogP) is 7.06. The zero-order valence-corrected chi connectivity index (χ0v) is 26.1. The number of phenolic OH excluding ortho intramolecular Hbond substituents is 1. The summed E-state index contributed by atoms with van der Waals surface area (Å²) in [6, 6.07) is 9.49. The Bertz CT molecular complexity index is 1820. The summed E-state index contributed by atoms with van der Waals surface area (Å²) < 4.78 is 12.0. The van der Waals surface area contributed by atoms with E-state index in [1.807, 2.05) is 25.7 Å². The molecule has 0 bridgehead atoms. The Balaban J connectivity index is 1.71. The lowest BCUT2D eigenvalue weighted by atomic mass is 9.88. The topological polar surface area (TPSA) is 121 Å². The standard InChI is InChI=1S/C33H32Cl2N2O7/c1-5-8-20-27(38)24(34)15-21-26(18-9-6-7-10-19(18)31(40)41)22-16-25(35)28(39)23(30(22)43-29(20)21)17-36-11-13-37(14-12-36)32(42)44-33(2,3)4/h5-7,9-10,15-16,39H,1,8,11-14,17H2,2-4H3,(H,40,41). The number of nitrogens with zero attached hydrogens (tertiary/aromatic N) is 2. The van der Waals surface area contributed by atoms with E-state index in [0.717, 1.165) is 0 Å². The molecule has 230 valence electrons. The molecule has 11 heteroatoms. The van der Waals surface area contributed by atoms with Crippen molar-refractivity contribution >= 4 is 46.2 Å². The van der Waals surface area contributed by atoms with Crippen molar-refractivity contribution in [2.24, 2.45) is 0 Å². The predicted molar refractivity (Wildman–Crippen MR) is 170 cm³/mol. The smallest absolute Gasteiger partial charge is 0.410 e. The quantitative estimate of drug-likeness (QED) is 0.170. The molecule has 1 amide bonds. The van der Waals surface area contributed by atoms with E-state index in [0.29, 0.717) is 53.8 Å². The summed E-state index contributed by atoms with van der Waals surface area (Å²) in [6.45, 7) is 11.2. The van der Waals surface area contributed by atoms with E-state index in [9.17, 15) is 24.6 Å². The van der Waals surface area contributed by atoms with E-state index in [1.165, 1.54) is 18.2 Å². The average Bonchev–Trinajstić information content (AvgIpc) is 2.96. The van der Waals surface area contributed by atoms with Crippen LogP contribution in [0.1, 0.15) is 42.3 Å². The van der Waals surface area contributed by atoms with E-state index in [2.05, 4.69) is 6.58 Å². The number of ether oxygens (including phenoxy) is 1. The number of hydrogen-bond acceptors (Lipinski definition) is 7. The number of aromatic hydroxyl groups is 1. The van der Waals surface area contributed by atoms with E-state index in [1.54, 1.807) is 29.2 Å². The second kappa shape index (κ2) is 12.1. The van der Waals surface area contributed by atoms with Crippen LogP contribution in [0.2, 0.25) is 10.0 Å². The first kappa shape index (κ1) is 31.4. The molecule has 44 heavy (non-hydrogen) atoms.